The Morgan fingerprint density at radius 3 is 2.72 bits per heavy atom. The molecule has 2 rings (SSSR count). The standard InChI is InChI=1S/C13H15F2NO2/c14-10-6-5-9(12(15)8-10)7-13(17)16-18-11-3-1-2-4-11/h5-6,8,11H,1-4,7H2,(H,16,17). The second kappa shape index (κ2) is 5.91. The molecule has 1 fully saturated rings. The molecule has 1 aliphatic carbocycles. The number of carbonyl (C=O) groups excluding carboxylic acids is 1. The van der Waals surface area contributed by atoms with E-state index < -0.39 is 17.5 Å². The van der Waals surface area contributed by atoms with Gasteiger partial charge in [0.25, 0.3) is 0 Å². The van der Waals surface area contributed by atoms with E-state index in [1.54, 1.807) is 0 Å². The molecule has 3 nitrogen and oxygen atoms in total. The maximum atomic E-state index is 13.3. The lowest BCUT2D eigenvalue weighted by Crippen LogP contribution is -2.29. The summed E-state index contributed by atoms with van der Waals surface area (Å²) in [5.41, 5.74) is 2.47. The average Bonchev–Trinajstić information content (AvgIpc) is 2.83. The van der Waals surface area contributed by atoms with E-state index in [0.29, 0.717) is 0 Å². The van der Waals surface area contributed by atoms with E-state index >= 15 is 0 Å². The fourth-order valence-electron chi connectivity index (χ4n) is 2.03. The molecule has 0 spiro atoms. The fraction of sp³-hybridized carbons (Fsp3) is 0.462. The van der Waals surface area contributed by atoms with E-state index in [-0.39, 0.29) is 18.1 Å². The minimum atomic E-state index is -0.717. The summed E-state index contributed by atoms with van der Waals surface area (Å²) >= 11 is 0. The van der Waals surface area contributed by atoms with Gasteiger partial charge in [-0.1, -0.05) is 18.9 Å². The Balaban J connectivity index is 1.82. The molecule has 1 saturated carbocycles. The van der Waals surface area contributed by atoms with Crippen LogP contribution in [-0.4, -0.2) is 12.0 Å². The maximum absolute atomic E-state index is 13.3. The second-order valence-corrected chi connectivity index (χ2v) is 4.46. The molecule has 0 saturated heterocycles. The third kappa shape index (κ3) is 3.50. The van der Waals surface area contributed by atoms with Gasteiger partial charge in [-0.25, -0.2) is 14.3 Å². The van der Waals surface area contributed by atoms with Crippen LogP contribution in [0.15, 0.2) is 18.2 Å². The van der Waals surface area contributed by atoms with E-state index in [9.17, 15) is 13.6 Å². The lowest BCUT2D eigenvalue weighted by molar-refractivity contribution is -0.137. The van der Waals surface area contributed by atoms with Crippen molar-refractivity contribution in [2.24, 2.45) is 0 Å². The predicted octanol–water partition coefficient (Wildman–Crippen LogP) is 2.50. The third-order valence-electron chi connectivity index (χ3n) is 3.01. The normalized spacial score (nSPS) is 15.9. The summed E-state index contributed by atoms with van der Waals surface area (Å²) in [6, 6.07) is 3.16. The quantitative estimate of drug-likeness (QED) is 0.839. The highest BCUT2D eigenvalue weighted by Gasteiger charge is 2.17. The molecule has 0 unspecified atom stereocenters. The number of benzene rings is 1. The van der Waals surface area contributed by atoms with Crippen LogP contribution in [0.4, 0.5) is 8.78 Å². The Kier molecular flexibility index (Phi) is 4.25. The Morgan fingerprint density at radius 2 is 2.06 bits per heavy atom. The van der Waals surface area contributed by atoms with Crippen LogP contribution < -0.4 is 5.48 Å². The highest BCUT2D eigenvalue weighted by atomic mass is 19.1. The summed E-state index contributed by atoms with van der Waals surface area (Å²) in [4.78, 5) is 16.7. The molecular formula is C13H15F2NO2. The predicted molar refractivity (Wildman–Crippen MR) is 61.5 cm³/mol. The van der Waals surface area contributed by atoms with Gasteiger partial charge < -0.3 is 0 Å². The largest absolute Gasteiger partial charge is 0.272 e. The molecule has 18 heavy (non-hydrogen) atoms. The number of nitrogens with one attached hydrogen (secondary N) is 1. The van der Waals surface area contributed by atoms with Gasteiger partial charge in [0, 0.05) is 6.07 Å². The third-order valence-corrected chi connectivity index (χ3v) is 3.01. The van der Waals surface area contributed by atoms with Crippen molar-refractivity contribution in [3.05, 3.63) is 35.4 Å². The molecule has 1 aromatic carbocycles. The molecule has 0 radical (unpaired) electrons. The molecule has 5 heteroatoms. The van der Waals surface area contributed by atoms with Crippen molar-refractivity contribution in [3.63, 3.8) is 0 Å². The Bertz CT molecular complexity index is 431. The zero-order valence-electron chi connectivity index (χ0n) is 9.92. The van der Waals surface area contributed by atoms with Crippen LogP contribution in [0.25, 0.3) is 0 Å². The van der Waals surface area contributed by atoms with Gasteiger partial charge in [0.2, 0.25) is 5.91 Å². The first kappa shape index (κ1) is 13.0. The van der Waals surface area contributed by atoms with Gasteiger partial charge in [-0.2, -0.15) is 0 Å². The van der Waals surface area contributed by atoms with Crippen molar-refractivity contribution < 1.29 is 18.4 Å². The van der Waals surface area contributed by atoms with Gasteiger partial charge in [0.1, 0.15) is 11.6 Å². The number of amides is 1. The first-order valence-corrected chi connectivity index (χ1v) is 6.03. The van der Waals surface area contributed by atoms with Crippen LogP contribution >= 0.6 is 0 Å². The SMILES string of the molecule is O=C(Cc1ccc(F)cc1F)NOC1CCCC1. The van der Waals surface area contributed by atoms with Gasteiger partial charge in [-0.05, 0) is 24.5 Å². The molecule has 0 aromatic heterocycles. The molecule has 1 amide bonds. The summed E-state index contributed by atoms with van der Waals surface area (Å²) in [5, 5.41) is 0. The maximum Gasteiger partial charge on any atom is 0.248 e. The summed E-state index contributed by atoms with van der Waals surface area (Å²) in [5.74, 6) is -1.79. The Hall–Kier alpha value is -1.49. The summed E-state index contributed by atoms with van der Waals surface area (Å²) in [7, 11) is 0. The average molecular weight is 255 g/mol. The first-order chi connectivity index (χ1) is 8.65. The monoisotopic (exact) mass is 255 g/mol. The lowest BCUT2D eigenvalue weighted by atomic mass is 10.1. The van der Waals surface area contributed by atoms with Crippen LogP contribution in [0, 0.1) is 11.6 Å². The van der Waals surface area contributed by atoms with E-state index in [2.05, 4.69) is 5.48 Å². The van der Waals surface area contributed by atoms with Crippen molar-refractivity contribution in [2.45, 2.75) is 38.2 Å². The first-order valence-electron chi connectivity index (χ1n) is 6.03. The smallest absolute Gasteiger partial charge is 0.248 e. The van der Waals surface area contributed by atoms with Crippen molar-refractivity contribution in [3.8, 4) is 0 Å². The Labute approximate surface area is 104 Å². The van der Waals surface area contributed by atoms with Crippen LogP contribution in [0.2, 0.25) is 0 Å². The number of hydrogen-bond acceptors (Lipinski definition) is 2. The van der Waals surface area contributed by atoms with Gasteiger partial charge >= 0.3 is 0 Å². The molecule has 0 bridgehead atoms. The summed E-state index contributed by atoms with van der Waals surface area (Å²) in [6.45, 7) is 0. The minimum Gasteiger partial charge on any atom is -0.272 e. The van der Waals surface area contributed by atoms with E-state index in [0.717, 1.165) is 37.8 Å². The van der Waals surface area contributed by atoms with Crippen molar-refractivity contribution in [1.82, 2.24) is 5.48 Å². The highest BCUT2D eigenvalue weighted by Crippen LogP contribution is 2.19. The zero-order chi connectivity index (χ0) is 13.0. The van der Waals surface area contributed by atoms with Gasteiger partial charge in [0.05, 0.1) is 12.5 Å². The molecule has 0 heterocycles. The number of rotatable bonds is 4. The molecular weight excluding hydrogens is 240 g/mol. The second-order valence-electron chi connectivity index (χ2n) is 4.46. The van der Waals surface area contributed by atoms with Crippen LogP contribution in [0.3, 0.4) is 0 Å². The molecule has 0 aliphatic heterocycles. The van der Waals surface area contributed by atoms with Crippen LogP contribution in [0.5, 0.6) is 0 Å². The van der Waals surface area contributed by atoms with Crippen LogP contribution in [-0.2, 0) is 16.1 Å². The number of hydroxylamine groups is 1. The molecule has 1 aromatic rings. The summed E-state index contributed by atoms with van der Waals surface area (Å²) in [6.07, 6.45) is 3.99. The minimum absolute atomic E-state index is 0.0621. The fourth-order valence-corrected chi connectivity index (χ4v) is 2.03. The van der Waals surface area contributed by atoms with E-state index in [1.165, 1.54) is 6.07 Å². The van der Waals surface area contributed by atoms with Crippen molar-refractivity contribution >= 4 is 5.91 Å². The summed E-state index contributed by atoms with van der Waals surface area (Å²) < 4.78 is 26.0. The Morgan fingerprint density at radius 1 is 1.33 bits per heavy atom. The number of halogens is 2. The van der Waals surface area contributed by atoms with Gasteiger partial charge in [-0.15, -0.1) is 0 Å². The number of hydrogen-bond donors (Lipinski definition) is 1. The van der Waals surface area contributed by atoms with Gasteiger partial charge in [-0.3, -0.25) is 9.63 Å². The van der Waals surface area contributed by atoms with E-state index in [4.69, 9.17) is 4.84 Å². The van der Waals surface area contributed by atoms with Gasteiger partial charge in [0.15, 0.2) is 0 Å². The van der Waals surface area contributed by atoms with Crippen molar-refractivity contribution in [2.75, 3.05) is 0 Å². The lowest BCUT2D eigenvalue weighted by Gasteiger charge is -2.11. The molecule has 0 atom stereocenters. The van der Waals surface area contributed by atoms with Crippen molar-refractivity contribution in [1.29, 1.82) is 0 Å². The molecule has 98 valence electrons. The number of carbonyl (C=O) groups is 1. The molecule has 1 aliphatic rings. The zero-order valence-corrected chi connectivity index (χ0v) is 9.92. The molecule has 1 N–H and O–H groups in total. The highest BCUT2D eigenvalue weighted by molar-refractivity contribution is 5.77. The van der Waals surface area contributed by atoms with E-state index in [1.807, 2.05) is 0 Å². The van der Waals surface area contributed by atoms with Crippen LogP contribution in [0.1, 0.15) is 31.2 Å². The topological polar surface area (TPSA) is 38.3 Å².